The van der Waals surface area contributed by atoms with Crippen LogP contribution in [0.3, 0.4) is 0 Å². The molecule has 1 aliphatic rings. The van der Waals surface area contributed by atoms with Gasteiger partial charge >= 0.3 is 0 Å². The molecular weight excluding hydrogens is 358 g/mol. The van der Waals surface area contributed by atoms with Crippen molar-refractivity contribution < 1.29 is 4.79 Å². The Morgan fingerprint density at radius 2 is 1.83 bits per heavy atom. The highest BCUT2D eigenvalue weighted by Crippen LogP contribution is 2.26. The first kappa shape index (κ1) is 20.7. The summed E-state index contributed by atoms with van der Waals surface area (Å²) in [7, 11) is 0. The topological polar surface area (TPSA) is 64.9 Å². The van der Waals surface area contributed by atoms with Crippen LogP contribution < -0.4 is 10.6 Å². The fourth-order valence-corrected chi connectivity index (χ4v) is 3.96. The third-order valence-corrected chi connectivity index (χ3v) is 5.70. The zero-order valence-electron chi connectivity index (χ0n) is 17.5. The molecule has 0 spiro atoms. The molecule has 1 unspecified atom stereocenters. The molecule has 4 heteroatoms. The lowest BCUT2D eigenvalue weighted by molar-refractivity contribution is -0.117. The average molecular weight is 388 g/mol. The van der Waals surface area contributed by atoms with E-state index in [0.717, 1.165) is 41.6 Å². The van der Waals surface area contributed by atoms with Gasteiger partial charge in [-0.25, -0.2) is 0 Å². The largest absolute Gasteiger partial charge is 0.360 e. The van der Waals surface area contributed by atoms with Crippen molar-refractivity contribution in [1.29, 1.82) is 5.26 Å². The van der Waals surface area contributed by atoms with E-state index in [0.29, 0.717) is 0 Å². The van der Waals surface area contributed by atoms with Gasteiger partial charge in [0.25, 0.3) is 5.91 Å². The van der Waals surface area contributed by atoms with Crippen molar-refractivity contribution in [3.63, 3.8) is 0 Å². The van der Waals surface area contributed by atoms with Gasteiger partial charge in [-0.3, -0.25) is 4.79 Å². The van der Waals surface area contributed by atoms with E-state index < -0.39 is 0 Å². The lowest BCUT2D eigenvalue weighted by Crippen LogP contribution is -2.29. The third-order valence-electron chi connectivity index (χ3n) is 5.70. The van der Waals surface area contributed by atoms with Crippen LogP contribution >= 0.6 is 0 Å². The maximum absolute atomic E-state index is 12.8. The molecule has 0 saturated heterocycles. The number of rotatable bonds is 6. The van der Waals surface area contributed by atoms with Crippen LogP contribution in [0.25, 0.3) is 0 Å². The summed E-state index contributed by atoms with van der Waals surface area (Å²) >= 11 is 0. The Morgan fingerprint density at radius 3 is 2.48 bits per heavy atom. The first-order valence-electron chi connectivity index (χ1n) is 10.4. The Morgan fingerprint density at radius 1 is 1.14 bits per heavy atom. The fourth-order valence-electron chi connectivity index (χ4n) is 3.96. The molecule has 0 aromatic heterocycles. The normalized spacial score (nSPS) is 14.5. The minimum absolute atomic E-state index is 0.0732. The second kappa shape index (κ2) is 9.43. The second-order valence-corrected chi connectivity index (χ2v) is 7.75. The maximum Gasteiger partial charge on any atom is 0.263 e. The Labute approximate surface area is 173 Å². The summed E-state index contributed by atoms with van der Waals surface area (Å²) < 4.78 is 0. The van der Waals surface area contributed by atoms with E-state index >= 15 is 0 Å². The number of carbonyl (C=O) groups excluding carboxylic acids is 1. The minimum atomic E-state index is -0.351. The standard InChI is InChI=1S/C25H29N3O/c1-4-23(21-13-12-19-10-5-6-11-20(19)14-21)28-25(29)22(15-26)16-27-24-17(2)8-7-9-18(24)3/h7-9,12-14,16,23,27H,4-6,10-11H2,1-3H3,(H,28,29)/b22-16-. The fraction of sp³-hybridized carbons (Fsp3) is 0.360. The number of benzene rings is 2. The molecule has 2 N–H and O–H groups in total. The Hall–Kier alpha value is -3.06. The number of para-hydroxylation sites is 1. The predicted molar refractivity (Wildman–Crippen MR) is 117 cm³/mol. The number of hydrogen-bond donors (Lipinski definition) is 2. The zero-order valence-corrected chi connectivity index (χ0v) is 17.5. The number of fused-ring (bicyclic) bond motifs is 1. The number of amides is 1. The number of nitriles is 1. The Balaban J connectivity index is 1.74. The average Bonchev–Trinajstić information content (AvgIpc) is 2.73. The molecule has 1 atom stereocenters. The van der Waals surface area contributed by atoms with Gasteiger partial charge in [0, 0.05) is 11.9 Å². The SMILES string of the molecule is CCC(NC(=O)/C(C#N)=C\Nc1c(C)cccc1C)c1ccc2c(c1)CCCC2. The van der Waals surface area contributed by atoms with Crippen molar-refractivity contribution in [3.05, 3.63) is 76.0 Å². The number of aryl methyl sites for hydroxylation is 4. The van der Waals surface area contributed by atoms with Crippen molar-refractivity contribution in [2.45, 2.75) is 58.9 Å². The lowest BCUT2D eigenvalue weighted by Gasteiger charge is -2.21. The molecule has 1 aliphatic carbocycles. The molecule has 0 aliphatic heterocycles. The summed E-state index contributed by atoms with van der Waals surface area (Å²) in [5.74, 6) is -0.351. The monoisotopic (exact) mass is 387 g/mol. The van der Waals surface area contributed by atoms with E-state index in [1.54, 1.807) is 0 Å². The molecule has 0 fully saturated rings. The van der Waals surface area contributed by atoms with Crippen LogP contribution in [0.2, 0.25) is 0 Å². The highest BCUT2D eigenvalue weighted by Gasteiger charge is 2.18. The van der Waals surface area contributed by atoms with Crippen molar-refractivity contribution in [3.8, 4) is 6.07 Å². The molecule has 2 aromatic carbocycles. The van der Waals surface area contributed by atoms with Gasteiger partial charge in [0.15, 0.2) is 0 Å². The van der Waals surface area contributed by atoms with Crippen molar-refractivity contribution in [2.75, 3.05) is 5.32 Å². The summed E-state index contributed by atoms with van der Waals surface area (Å²) in [5.41, 5.74) is 7.07. The van der Waals surface area contributed by atoms with Crippen LogP contribution in [-0.2, 0) is 17.6 Å². The molecular formula is C25H29N3O. The van der Waals surface area contributed by atoms with Crippen LogP contribution in [-0.4, -0.2) is 5.91 Å². The predicted octanol–water partition coefficient (Wildman–Crippen LogP) is 5.27. The molecule has 2 aromatic rings. The first-order valence-corrected chi connectivity index (χ1v) is 10.4. The van der Waals surface area contributed by atoms with Crippen LogP contribution in [0.1, 0.15) is 60.0 Å². The zero-order chi connectivity index (χ0) is 20.8. The van der Waals surface area contributed by atoms with E-state index in [2.05, 4.69) is 35.8 Å². The molecule has 0 radical (unpaired) electrons. The van der Waals surface area contributed by atoms with E-state index in [4.69, 9.17) is 0 Å². The molecule has 4 nitrogen and oxygen atoms in total. The van der Waals surface area contributed by atoms with Crippen LogP contribution in [0.5, 0.6) is 0 Å². The first-order chi connectivity index (χ1) is 14.0. The number of nitrogens with zero attached hydrogens (tertiary/aromatic N) is 1. The number of hydrogen-bond acceptors (Lipinski definition) is 3. The molecule has 0 heterocycles. The number of nitrogens with one attached hydrogen (secondary N) is 2. The van der Waals surface area contributed by atoms with Crippen molar-refractivity contribution >= 4 is 11.6 Å². The van der Waals surface area contributed by atoms with Gasteiger partial charge in [-0.15, -0.1) is 0 Å². The second-order valence-electron chi connectivity index (χ2n) is 7.75. The number of carbonyl (C=O) groups is 1. The maximum atomic E-state index is 12.8. The van der Waals surface area contributed by atoms with Crippen LogP contribution in [0.4, 0.5) is 5.69 Å². The van der Waals surface area contributed by atoms with E-state index in [9.17, 15) is 10.1 Å². The Bertz CT molecular complexity index is 948. The minimum Gasteiger partial charge on any atom is -0.360 e. The van der Waals surface area contributed by atoms with Crippen molar-refractivity contribution in [2.24, 2.45) is 0 Å². The molecule has 29 heavy (non-hydrogen) atoms. The molecule has 3 rings (SSSR count). The quantitative estimate of drug-likeness (QED) is 0.524. The molecule has 1 amide bonds. The number of anilines is 1. The summed E-state index contributed by atoms with van der Waals surface area (Å²) in [4.78, 5) is 12.8. The van der Waals surface area contributed by atoms with Crippen LogP contribution in [0.15, 0.2) is 48.2 Å². The highest BCUT2D eigenvalue weighted by atomic mass is 16.1. The molecule has 0 bridgehead atoms. The van der Waals surface area contributed by atoms with Gasteiger partial charge in [-0.05, 0) is 73.8 Å². The molecule has 150 valence electrons. The van der Waals surface area contributed by atoms with Gasteiger partial charge in [0.05, 0.1) is 6.04 Å². The van der Waals surface area contributed by atoms with Gasteiger partial charge in [-0.2, -0.15) is 5.26 Å². The summed E-state index contributed by atoms with van der Waals surface area (Å²) in [6.45, 7) is 6.05. The van der Waals surface area contributed by atoms with E-state index in [1.807, 2.05) is 38.1 Å². The van der Waals surface area contributed by atoms with Crippen LogP contribution in [0, 0.1) is 25.2 Å². The Kier molecular flexibility index (Phi) is 6.72. The highest BCUT2D eigenvalue weighted by molar-refractivity contribution is 5.97. The summed E-state index contributed by atoms with van der Waals surface area (Å²) in [6, 6.07) is 14.4. The van der Waals surface area contributed by atoms with Gasteiger partial charge < -0.3 is 10.6 Å². The summed E-state index contributed by atoms with van der Waals surface area (Å²) in [6.07, 6.45) is 7.01. The van der Waals surface area contributed by atoms with E-state index in [-0.39, 0.29) is 17.5 Å². The van der Waals surface area contributed by atoms with E-state index in [1.165, 1.54) is 30.2 Å². The van der Waals surface area contributed by atoms with Gasteiger partial charge in [0.1, 0.15) is 11.6 Å². The third kappa shape index (κ3) is 4.86. The summed E-state index contributed by atoms with van der Waals surface area (Å²) in [5, 5.41) is 15.7. The van der Waals surface area contributed by atoms with Gasteiger partial charge in [0.2, 0.25) is 0 Å². The lowest BCUT2D eigenvalue weighted by atomic mass is 9.88. The van der Waals surface area contributed by atoms with Crippen molar-refractivity contribution in [1.82, 2.24) is 5.32 Å². The molecule has 0 saturated carbocycles. The smallest absolute Gasteiger partial charge is 0.263 e. The van der Waals surface area contributed by atoms with Gasteiger partial charge in [-0.1, -0.05) is 43.3 Å².